The van der Waals surface area contributed by atoms with Gasteiger partial charge in [-0.1, -0.05) is 23.9 Å². The second-order valence-corrected chi connectivity index (χ2v) is 6.03. The Balaban J connectivity index is 1.68. The lowest BCUT2D eigenvalue weighted by atomic mass is 10.1. The van der Waals surface area contributed by atoms with Crippen molar-refractivity contribution in [1.29, 1.82) is 0 Å². The van der Waals surface area contributed by atoms with Crippen LogP contribution in [-0.2, 0) is 4.79 Å². The fourth-order valence-electron chi connectivity index (χ4n) is 2.42. The molecule has 0 spiro atoms. The number of piperidine rings is 1. The summed E-state index contributed by atoms with van der Waals surface area (Å²) in [6.45, 7) is 1.67. The molecule has 1 aliphatic rings. The summed E-state index contributed by atoms with van der Waals surface area (Å²) in [7, 11) is 0. The minimum Gasteiger partial charge on any atom is -0.506 e. The first kappa shape index (κ1) is 14.8. The Morgan fingerprint density at radius 2 is 2.00 bits per heavy atom. The SMILES string of the molecule is O=C(CSc1nnnn1-c1ccccc1O)N1CCCCC1. The van der Waals surface area contributed by atoms with Gasteiger partial charge in [0.1, 0.15) is 11.4 Å². The number of phenolic OH excluding ortho intramolecular Hbond substituents is 1. The first-order valence-electron chi connectivity index (χ1n) is 7.23. The molecule has 3 rings (SSSR count). The first-order chi connectivity index (χ1) is 10.8. The lowest BCUT2D eigenvalue weighted by molar-refractivity contribution is -0.129. The van der Waals surface area contributed by atoms with Crippen molar-refractivity contribution < 1.29 is 9.90 Å². The highest BCUT2D eigenvalue weighted by molar-refractivity contribution is 7.99. The van der Waals surface area contributed by atoms with E-state index in [1.807, 2.05) is 4.90 Å². The summed E-state index contributed by atoms with van der Waals surface area (Å²) in [4.78, 5) is 14.1. The molecular formula is C14H17N5O2S. The van der Waals surface area contributed by atoms with Crippen molar-refractivity contribution in [3.63, 3.8) is 0 Å². The number of aromatic nitrogens is 4. The van der Waals surface area contributed by atoms with Gasteiger partial charge >= 0.3 is 0 Å². The molecule has 1 aromatic heterocycles. The van der Waals surface area contributed by atoms with Crippen LogP contribution in [0.1, 0.15) is 19.3 Å². The molecule has 0 unspecified atom stereocenters. The molecule has 0 bridgehead atoms. The van der Waals surface area contributed by atoms with Crippen molar-refractivity contribution in [3.05, 3.63) is 24.3 Å². The Bertz CT molecular complexity index is 654. The molecule has 1 aromatic carbocycles. The van der Waals surface area contributed by atoms with E-state index in [-0.39, 0.29) is 11.7 Å². The number of hydrogen-bond donors (Lipinski definition) is 1. The average molecular weight is 319 g/mol. The number of benzene rings is 1. The zero-order valence-electron chi connectivity index (χ0n) is 12.1. The summed E-state index contributed by atoms with van der Waals surface area (Å²) in [6.07, 6.45) is 3.35. The molecule has 1 amide bonds. The van der Waals surface area contributed by atoms with Gasteiger partial charge in [-0.3, -0.25) is 4.79 Å². The number of para-hydroxylation sites is 2. The Morgan fingerprint density at radius 1 is 1.23 bits per heavy atom. The average Bonchev–Trinajstić information content (AvgIpc) is 3.02. The summed E-state index contributed by atoms with van der Waals surface area (Å²) >= 11 is 1.28. The number of amides is 1. The molecule has 2 heterocycles. The van der Waals surface area contributed by atoms with E-state index in [2.05, 4.69) is 15.5 Å². The van der Waals surface area contributed by atoms with E-state index in [0.717, 1.165) is 25.9 Å². The Kier molecular flexibility index (Phi) is 4.57. The van der Waals surface area contributed by atoms with Crippen LogP contribution in [0.4, 0.5) is 0 Å². The third-order valence-corrected chi connectivity index (χ3v) is 4.49. The number of nitrogens with zero attached hydrogens (tertiary/aromatic N) is 5. The van der Waals surface area contributed by atoms with E-state index in [9.17, 15) is 9.90 Å². The second-order valence-electron chi connectivity index (χ2n) is 5.09. The quantitative estimate of drug-likeness (QED) is 0.859. The summed E-state index contributed by atoms with van der Waals surface area (Å²) in [5, 5.41) is 21.8. The van der Waals surface area contributed by atoms with Crippen LogP contribution in [0.25, 0.3) is 5.69 Å². The van der Waals surface area contributed by atoms with Crippen molar-refractivity contribution in [2.24, 2.45) is 0 Å². The van der Waals surface area contributed by atoms with E-state index in [4.69, 9.17) is 0 Å². The highest BCUT2D eigenvalue weighted by atomic mass is 32.2. The zero-order chi connectivity index (χ0) is 15.4. The normalized spacial score (nSPS) is 15.0. The molecule has 0 radical (unpaired) electrons. The molecule has 116 valence electrons. The molecule has 1 N–H and O–H groups in total. The lowest BCUT2D eigenvalue weighted by Gasteiger charge is -2.26. The standard InChI is InChI=1S/C14H17N5O2S/c20-12-7-3-2-6-11(12)19-14(15-16-17-19)22-10-13(21)18-8-4-1-5-9-18/h2-3,6-7,20H,1,4-5,8-10H2. The minimum atomic E-state index is 0.0963. The van der Waals surface area contributed by atoms with Gasteiger partial charge in [0.05, 0.1) is 5.75 Å². The zero-order valence-corrected chi connectivity index (χ0v) is 12.9. The molecule has 7 nitrogen and oxygen atoms in total. The van der Waals surface area contributed by atoms with E-state index in [0.29, 0.717) is 16.6 Å². The van der Waals surface area contributed by atoms with E-state index >= 15 is 0 Å². The highest BCUT2D eigenvalue weighted by Crippen LogP contribution is 2.24. The summed E-state index contributed by atoms with van der Waals surface area (Å²) < 4.78 is 1.45. The largest absolute Gasteiger partial charge is 0.506 e. The van der Waals surface area contributed by atoms with E-state index in [1.54, 1.807) is 24.3 Å². The maximum absolute atomic E-state index is 12.2. The molecule has 1 saturated heterocycles. The Labute approximate surface area is 132 Å². The molecule has 8 heteroatoms. The molecule has 0 atom stereocenters. The van der Waals surface area contributed by atoms with Crippen molar-refractivity contribution in [3.8, 4) is 11.4 Å². The Hall–Kier alpha value is -2.09. The predicted molar refractivity (Wildman–Crippen MR) is 82.0 cm³/mol. The minimum absolute atomic E-state index is 0.0963. The van der Waals surface area contributed by atoms with Gasteiger partial charge in [0.25, 0.3) is 0 Å². The molecule has 22 heavy (non-hydrogen) atoms. The summed E-state index contributed by atoms with van der Waals surface area (Å²) in [6, 6.07) is 6.83. The molecular weight excluding hydrogens is 302 g/mol. The van der Waals surface area contributed by atoms with Gasteiger partial charge < -0.3 is 10.0 Å². The van der Waals surface area contributed by atoms with Crippen LogP contribution in [0.2, 0.25) is 0 Å². The number of tetrazole rings is 1. The summed E-state index contributed by atoms with van der Waals surface area (Å²) in [5.41, 5.74) is 0.500. The van der Waals surface area contributed by atoms with Crippen LogP contribution in [-0.4, -0.2) is 55.0 Å². The smallest absolute Gasteiger partial charge is 0.233 e. The lowest BCUT2D eigenvalue weighted by Crippen LogP contribution is -2.36. The maximum Gasteiger partial charge on any atom is 0.233 e. The molecule has 2 aromatic rings. The van der Waals surface area contributed by atoms with Crippen LogP contribution in [0.15, 0.2) is 29.4 Å². The van der Waals surface area contributed by atoms with Crippen LogP contribution in [0, 0.1) is 0 Å². The van der Waals surface area contributed by atoms with Gasteiger partial charge in [-0.2, -0.15) is 4.68 Å². The van der Waals surface area contributed by atoms with Crippen molar-refractivity contribution in [2.75, 3.05) is 18.8 Å². The number of carbonyl (C=O) groups is 1. The number of aromatic hydroxyl groups is 1. The van der Waals surface area contributed by atoms with Gasteiger partial charge in [0.2, 0.25) is 11.1 Å². The highest BCUT2D eigenvalue weighted by Gasteiger charge is 2.19. The van der Waals surface area contributed by atoms with Crippen LogP contribution >= 0.6 is 11.8 Å². The molecule has 0 aliphatic carbocycles. The molecule has 1 aliphatic heterocycles. The van der Waals surface area contributed by atoms with Gasteiger partial charge in [-0.15, -0.1) is 5.10 Å². The second kappa shape index (κ2) is 6.78. The number of phenols is 1. The fourth-order valence-corrected chi connectivity index (χ4v) is 3.21. The summed E-state index contributed by atoms with van der Waals surface area (Å²) in [5.74, 6) is 0.504. The Morgan fingerprint density at radius 3 is 2.77 bits per heavy atom. The third-order valence-electron chi connectivity index (χ3n) is 3.58. The van der Waals surface area contributed by atoms with Crippen molar-refractivity contribution in [2.45, 2.75) is 24.4 Å². The molecule has 0 saturated carbocycles. The van der Waals surface area contributed by atoms with Gasteiger partial charge in [-0.25, -0.2) is 0 Å². The van der Waals surface area contributed by atoms with Crippen LogP contribution in [0.3, 0.4) is 0 Å². The number of likely N-dealkylation sites (tertiary alicyclic amines) is 1. The van der Waals surface area contributed by atoms with Crippen LogP contribution < -0.4 is 0 Å². The van der Waals surface area contributed by atoms with Crippen molar-refractivity contribution >= 4 is 17.7 Å². The van der Waals surface area contributed by atoms with Gasteiger partial charge in [0, 0.05) is 13.1 Å². The third kappa shape index (κ3) is 3.22. The van der Waals surface area contributed by atoms with Crippen molar-refractivity contribution in [1.82, 2.24) is 25.1 Å². The topological polar surface area (TPSA) is 84.1 Å². The van der Waals surface area contributed by atoms with Gasteiger partial charge in [-0.05, 0) is 41.8 Å². The van der Waals surface area contributed by atoms with Crippen LogP contribution in [0.5, 0.6) is 5.75 Å². The van der Waals surface area contributed by atoms with Gasteiger partial charge in [0.15, 0.2) is 0 Å². The molecule has 1 fully saturated rings. The van der Waals surface area contributed by atoms with E-state index < -0.39 is 0 Å². The fraction of sp³-hybridized carbons (Fsp3) is 0.429. The maximum atomic E-state index is 12.2. The number of thioether (sulfide) groups is 1. The number of carbonyl (C=O) groups excluding carboxylic acids is 1. The monoisotopic (exact) mass is 319 g/mol. The first-order valence-corrected chi connectivity index (χ1v) is 8.21. The number of hydrogen-bond acceptors (Lipinski definition) is 6. The van der Waals surface area contributed by atoms with E-state index in [1.165, 1.54) is 22.9 Å². The number of rotatable bonds is 4. The predicted octanol–water partition coefficient (Wildman–Crippen LogP) is 1.47.